The second kappa shape index (κ2) is 8.50. The van der Waals surface area contributed by atoms with E-state index in [1.54, 1.807) is 7.05 Å². The van der Waals surface area contributed by atoms with Crippen molar-refractivity contribution in [2.75, 3.05) is 20.1 Å². The molecule has 0 spiro atoms. The molecular formula is C9H19N3O2. The van der Waals surface area contributed by atoms with E-state index in [4.69, 9.17) is 5.73 Å². The first-order valence-corrected chi connectivity index (χ1v) is 4.88. The molecule has 14 heavy (non-hydrogen) atoms. The summed E-state index contributed by atoms with van der Waals surface area (Å²) in [7, 11) is 1.57. The molecule has 5 heteroatoms. The summed E-state index contributed by atoms with van der Waals surface area (Å²) in [6, 6.07) is 0. The van der Waals surface area contributed by atoms with Crippen LogP contribution in [0, 0.1) is 0 Å². The van der Waals surface area contributed by atoms with Gasteiger partial charge in [-0.2, -0.15) is 0 Å². The molecule has 82 valence electrons. The quantitative estimate of drug-likeness (QED) is 0.479. The minimum Gasteiger partial charge on any atom is -0.359 e. The van der Waals surface area contributed by atoms with E-state index in [1.165, 1.54) is 0 Å². The smallest absolute Gasteiger partial charge is 0.221 e. The normalized spacial score (nSPS) is 9.57. The molecule has 0 unspecified atom stereocenters. The van der Waals surface area contributed by atoms with Gasteiger partial charge in [0.2, 0.25) is 11.8 Å². The predicted octanol–water partition coefficient (Wildman–Crippen LogP) is -0.632. The number of hydrogen-bond donors (Lipinski definition) is 3. The van der Waals surface area contributed by atoms with Crippen LogP contribution in [0.1, 0.15) is 25.7 Å². The molecule has 0 fully saturated rings. The SMILES string of the molecule is CNC(=O)CCNC(=O)CCCCN. The van der Waals surface area contributed by atoms with Crippen molar-refractivity contribution in [2.24, 2.45) is 5.73 Å². The molecule has 0 aliphatic rings. The Labute approximate surface area is 84.4 Å². The molecule has 0 radical (unpaired) electrons. The van der Waals surface area contributed by atoms with Gasteiger partial charge in [0.1, 0.15) is 0 Å². The van der Waals surface area contributed by atoms with Gasteiger partial charge in [0.25, 0.3) is 0 Å². The lowest BCUT2D eigenvalue weighted by molar-refractivity contribution is -0.122. The molecule has 5 nitrogen and oxygen atoms in total. The fourth-order valence-corrected chi connectivity index (χ4v) is 0.959. The summed E-state index contributed by atoms with van der Waals surface area (Å²) in [6.45, 7) is 1.02. The van der Waals surface area contributed by atoms with Crippen molar-refractivity contribution in [2.45, 2.75) is 25.7 Å². The zero-order valence-electron chi connectivity index (χ0n) is 8.64. The highest BCUT2D eigenvalue weighted by atomic mass is 16.2. The van der Waals surface area contributed by atoms with Crippen LogP contribution in [0.15, 0.2) is 0 Å². The molecular weight excluding hydrogens is 182 g/mol. The highest BCUT2D eigenvalue weighted by Crippen LogP contribution is 1.92. The van der Waals surface area contributed by atoms with E-state index in [1.807, 2.05) is 0 Å². The lowest BCUT2D eigenvalue weighted by atomic mass is 10.2. The van der Waals surface area contributed by atoms with Crippen LogP contribution in [-0.2, 0) is 9.59 Å². The van der Waals surface area contributed by atoms with E-state index < -0.39 is 0 Å². The molecule has 0 aromatic heterocycles. The Morgan fingerprint density at radius 2 is 1.86 bits per heavy atom. The lowest BCUT2D eigenvalue weighted by Gasteiger charge is -2.03. The van der Waals surface area contributed by atoms with Gasteiger partial charge in [-0.25, -0.2) is 0 Å². The van der Waals surface area contributed by atoms with Crippen molar-refractivity contribution >= 4 is 11.8 Å². The van der Waals surface area contributed by atoms with Crippen LogP contribution in [0.3, 0.4) is 0 Å². The molecule has 0 heterocycles. The van der Waals surface area contributed by atoms with Crippen molar-refractivity contribution in [3.8, 4) is 0 Å². The number of carbonyl (C=O) groups excluding carboxylic acids is 2. The van der Waals surface area contributed by atoms with Crippen molar-refractivity contribution in [3.05, 3.63) is 0 Å². The summed E-state index contributed by atoms with van der Waals surface area (Å²) < 4.78 is 0. The van der Waals surface area contributed by atoms with Crippen LogP contribution in [0.2, 0.25) is 0 Å². The standard InChI is InChI=1S/C9H19N3O2/c1-11-8(13)5-7-12-9(14)4-2-3-6-10/h2-7,10H2,1H3,(H,11,13)(H,12,14). The molecule has 0 aliphatic carbocycles. The molecule has 0 saturated heterocycles. The monoisotopic (exact) mass is 201 g/mol. The van der Waals surface area contributed by atoms with Gasteiger partial charge in [0.15, 0.2) is 0 Å². The lowest BCUT2D eigenvalue weighted by Crippen LogP contribution is -2.29. The Morgan fingerprint density at radius 1 is 1.14 bits per heavy atom. The third kappa shape index (κ3) is 7.54. The molecule has 0 bridgehead atoms. The molecule has 4 N–H and O–H groups in total. The Morgan fingerprint density at radius 3 is 2.43 bits per heavy atom. The van der Waals surface area contributed by atoms with Crippen molar-refractivity contribution in [1.82, 2.24) is 10.6 Å². The molecule has 0 rings (SSSR count). The number of nitrogens with two attached hydrogens (primary N) is 1. The van der Waals surface area contributed by atoms with Gasteiger partial charge in [0.05, 0.1) is 0 Å². The first-order valence-electron chi connectivity index (χ1n) is 4.88. The molecule has 0 aromatic rings. The maximum Gasteiger partial charge on any atom is 0.221 e. The number of unbranched alkanes of at least 4 members (excludes halogenated alkanes) is 1. The topological polar surface area (TPSA) is 84.2 Å². The predicted molar refractivity (Wildman–Crippen MR) is 54.6 cm³/mol. The van der Waals surface area contributed by atoms with E-state index in [0.29, 0.717) is 25.9 Å². The second-order valence-electron chi connectivity index (χ2n) is 3.02. The van der Waals surface area contributed by atoms with E-state index >= 15 is 0 Å². The van der Waals surface area contributed by atoms with E-state index in [-0.39, 0.29) is 11.8 Å². The molecule has 0 aliphatic heterocycles. The zero-order valence-corrected chi connectivity index (χ0v) is 8.64. The van der Waals surface area contributed by atoms with Gasteiger partial charge < -0.3 is 16.4 Å². The highest BCUT2D eigenvalue weighted by Gasteiger charge is 2.01. The first-order chi connectivity index (χ1) is 6.70. The van der Waals surface area contributed by atoms with Crippen LogP contribution in [0.25, 0.3) is 0 Å². The molecule has 0 saturated carbocycles. The molecule has 2 amide bonds. The number of rotatable bonds is 7. The number of nitrogens with one attached hydrogen (secondary N) is 2. The van der Waals surface area contributed by atoms with E-state index in [9.17, 15) is 9.59 Å². The van der Waals surface area contributed by atoms with E-state index in [0.717, 1.165) is 12.8 Å². The van der Waals surface area contributed by atoms with Gasteiger partial charge in [-0.05, 0) is 19.4 Å². The third-order valence-corrected chi connectivity index (χ3v) is 1.81. The highest BCUT2D eigenvalue weighted by molar-refractivity contribution is 5.78. The molecule has 0 aromatic carbocycles. The largest absolute Gasteiger partial charge is 0.359 e. The van der Waals surface area contributed by atoms with E-state index in [2.05, 4.69) is 10.6 Å². The van der Waals surface area contributed by atoms with Gasteiger partial charge in [-0.1, -0.05) is 0 Å². The van der Waals surface area contributed by atoms with Crippen LogP contribution < -0.4 is 16.4 Å². The molecule has 0 atom stereocenters. The zero-order chi connectivity index (χ0) is 10.8. The third-order valence-electron chi connectivity index (χ3n) is 1.81. The Hall–Kier alpha value is -1.10. The minimum absolute atomic E-state index is 0.0117. The summed E-state index contributed by atoms with van der Waals surface area (Å²) in [5.74, 6) is -0.0744. The van der Waals surface area contributed by atoms with Crippen molar-refractivity contribution in [1.29, 1.82) is 0 Å². The maximum absolute atomic E-state index is 11.1. The summed E-state index contributed by atoms with van der Waals surface area (Å²) in [6.07, 6.45) is 2.50. The number of carbonyl (C=O) groups is 2. The van der Waals surface area contributed by atoms with Gasteiger partial charge >= 0.3 is 0 Å². The number of hydrogen-bond acceptors (Lipinski definition) is 3. The summed E-state index contributed by atoms with van der Waals surface area (Å²) in [5, 5.41) is 5.15. The fourth-order valence-electron chi connectivity index (χ4n) is 0.959. The van der Waals surface area contributed by atoms with Crippen molar-refractivity contribution < 1.29 is 9.59 Å². The first kappa shape index (κ1) is 12.9. The summed E-state index contributed by atoms with van der Waals surface area (Å²) in [5.41, 5.74) is 5.29. The maximum atomic E-state index is 11.1. The van der Waals surface area contributed by atoms with Gasteiger partial charge in [-0.15, -0.1) is 0 Å². The average Bonchev–Trinajstić information content (AvgIpc) is 2.18. The minimum atomic E-state index is -0.0627. The van der Waals surface area contributed by atoms with Crippen molar-refractivity contribution in [3.63, 3.8) is 0 Å². The van der Waals surface area contributed by atoms with Crippen LogP contribution >= 0.6 is 0 Å². The Kier molecular flexibility index (Phi) is 7.83. The summed E-state index contributed by atoms with van der Waals surface area (Å²) in [4.78, 5) is 21.9. The fraction of sp³-hybridized carbons (Fsp3) is 0.778. The van der Waals surface area contributed by atoms with Crippen LogP contribution in [0.5, 0.6) is 0 Å². The average molecular weight is 201 g/mol. The summed E-state index contributed by atoms with van der Waals surface area (Å²) >= 11 is 0. The van der Waals surface area contributed by atoms with Gasteiger partial charge in [0, 0.05) is 26.4 Å². The second-order valence-corrected chi connectivity index (χ2v) is 3.02. The number of amides is 2. The Bertz CT molecular complexity index is 183. The Balaban J connectivity index is 3.31. The van der Waals surface area contributed by atoms with Crippen LogP contribution in [0.4, 0.5) is 0 Å². The van der Waals surface area contributed by atoms with Gasteiger partial charge in [-0.3, -0.25) is 9.59 Å². The van der Waals surface area contributed by atoms with Crippen LogP contribution in [-0.4, -0.2) is 32.0 Å².